The molecule has 0 saturated heterocycles. The van der Waals surface area contributed by atoms with Gasteiger partial charge in [-0.2, -0.15) is 0 Å². The first-order valence-corrected chi connectivity index (χ1v) is 14.5. The Hall–Kier alpha value is -4.96. The maximum Gasteiger partial charge on any atom is 0.338 e. The first-order chi connectivity index (χ1) is 20.7. The van der Waals surface area contributed by atoms with Crippen LogP contribution in [0, 0.1) is 0 Å². The van der Waals surface area contributed by atoms with Crippen molar-refractivity contribution in [2.45, 2.75) is 26.5 Å². The molecule has 1 N–H and O–H groups in total. The number of aromatic carboxylic acids is 1. The number of allylic oxidation sites excluding steroid dienone is 1. The Balaban J connectivity index is 1.45. The molecule has 0 bridgehead atoms. The number of carbonyl (C=O) groups is 2. The second kappa shape index (κ2) is 12.5. The van der Waals surface area contributed by atoms with E-state index in [1.165, 1.54) is 11.3 Å². The zero-order valence-electron chi connectivity index (χ0n) is 24.2. The van der Waals surface area contributed by atoms with Crippen LogP contribution in [0.1, 0.15) is 46.9 Å². The Labute approximate surface area is 252 Å². The van der Waals surface area contributed by atoms with Crippen LogP contribution in [0.3, 0.4) is 0 Å². The molecule has 0 spiro atoms. The molecule has 5 rings (SSSR count). The van der Waals surface area contributed by atoms with E-state index >= 15 is 0 Å². The fourth-order valence-electron chi connectivity index (χ4n) is 4.78. The molecule has 0 unspecified atom stereocenters. The van der Waals surface area contributed by atoms with Gasteiger partial charge in [-0.05, 0) is 73.0 Å². The molecule has 1 aromatic heterocycles. The molecule has 1 aliphatic rings. The van der Waals surface area contributed by atoms with Crippen molar-refractivity contribution in [1.82, 2.24) is 4.57 Å². The van der Waals surface area contributed by atoms with Gasteiger partial charge in [0.25, 0.3) is 5.56 Å². The van der Waals surface area contributed by atoms with Crippen LogP contribution < -0.4 is 24.5 Å². The molecule has 4 aromatic rings. The molecular formula is C33H31N3O6S. The largest absolute Gasteiger partial charge is 0.489 e. The van der Waals surface area contributed by atoms with Crippen LogP contribution in [0.5, 0.6) is 5.75 Å². The monoisotopic (exact) mass is 597 g/mol. The zero-order valence-corrected chi connectivity index (χ0v) is 25.1. The third kappa shape index (κ3) is 6.29. The number of ether oxygens (including phenoxy) is 2. The van der Waals surface area contributed by atoms with E-state index < -0.39 is 18.0 Å². The second-order valence-corrected chi connectivity index (χ2v) is 11.2. The summed E-state index contributed by atoms with van der Waals surface area (Å²) in [6, 6.07) is 20.9. The minimum absolute atomic E-state index is 0.211. The highest BCUT2D eigenvalue weighted by Crippen LogP contribution is 2.31. The predicted molar refractivity (Wildman–Crippen MR) is 165 cm³/mol. The van der Waals surface area contributed by atoms with Crippen molar-refractivity contribution < 1.29 is 24.2 Å². The van der Waals surface area contributed by atoms with Gasteiger partial charge in [0.05, 0.1) is 34.0 Å². The lowest BCUT2D eigenvalue weighted by molar-refractivity contribution is -0.139. The van der Waals surface area contributed by atoms with Gasteiger partial charge in [-0.25, -0.2) is 14.6 Å². The van der Waals surface area contributed by atoms with Gasteiger partial charge in [-0.3, -0.25) is 9.36 Å². The number of carbonyl (C=O) groups excluding carboxylic acids is 1. The number of benzene rings is 3. The summed E-state index contributed by atoms with van der Waals surface area (Å²) in [4.78, 5) is 45.1. The molecular weight excluding hydrogens is 566 g/mol. The highest BCUT2D eigenvalue weighted by atomic mass is 32.1. The number of hydrogen-bond acceptors (Lipinski definition) is 8. The molecule has 1 aliphatic heterocycles. The van der Waals surface area contributed by atoms with Crippen molar-refractivity contribution in [2.75, 3.05) is 25.6 Å². The normalized spacial score (nSPS) is 14.6. The minimum atomic E-state index is -0.973. The molecule has 3 aromatic carbocycles. The lowest BCUT2D eigenvalue weighted by atomic mass is 9.95. The van der Waals surface area contributed by atoms with Gasteiger partial charge in [0.1, 0.15) is 12.4 Å². The topological polar surface area (TPSA) is 110 Å². The molecule has 43 heavy (non-hydrogen) atoms. The van der Waals surface area contributed by atoms with Crippen LogP contribution >= 0.6 is 11.3 Å². The summed E-state index contributed by atoms with van der Waals surface area (Å²) in [5.74, 6) is -0.829. The standard InChI is InChI=1S/C33H31N3O6S/c1-5-41-32(40)28-20(2)34-33-36(29(28)23-12-14-25(15-13-23)35(3)4)30(37)27(43-33)18-21-8-16-26(17-9-21)42-19-22-6-10-24(11-7-22)31(38)39/h6-18,29H,5,19H2,1-4H3,(H,38,39)/b27-18-/t29-/m1/s1. The molecule has 0 fully saturated rings. The second-order valence-electron chi connectivity index (χ2n) is 10.1. The van der Waals surface area contributed by atoms with E-state index in [0.29, 0.717) is 26.4 Å². The summed E-state index contributed by atoms with van der Waals surface area (Å²) in [6.45, 7) is 4.01. The summed E-state index contributed by atoms with van der Waals surface area (Å²) < 4.78 is 13.3. The highest BCUT2D eigenvalue weighted by Gasteiger charge is 2.33. The number of thiazole rings is 1. The zero-order chi connectivity index (χ0) is 30.7. The SMILES string of the molecule is CCOC(=O)C1=C(C)N=c2s/c(=C\c3ccc(OCc4ccc(C(=O)O)cc4)cc3)c(=O)n2[C@@H]1c1ccc(N(C)C)cc1. The van der Waals surface area contributed by atoms with Crippen molar-refractivity contribution in [3.8, 4) is 5.75 Å². The number of nitrogens with zero attached hydrogens (tertiary/aromatic N) is 3. The summed E-state index contributed by atoms with van der Waals surface area (Å²) in [5, 5.41) is 9.05. The van der Waals surface area contributed by atoms with E-state index in [1.807, 2.05) is 67.5 Å². The number of rotatable bonds is 9. The molecule has 0 radical (unpaired) electrons. The van der Waals surface area contributed by atoms with Gasteiger partial charge >= 0.3 is 11.9 Å². The van der Waals surface area contributed by atoms with Crippen LogP contribution in [0.15, 0.2) is 93.9 Å². The maximum atomic E-state index is 13.8. The Bertz CT molecular complexity index is 1870. The summed E-state index contributed by atoms with van der Waals surface area (Å²) >= 11 is 1.27. The van der Waals surface area contributed by atoms with Crippen LogP contribution in [-0.4, -0.2) is 42.3 Å². The van der Waals surface area contributed by atoms with Crippen molar-refractivity contribution in [3.63, 3.8) is 0 Å². The smallest absolute Gasteiger partial charge is 0.338 e. The number of anilines is 1. The fourth-order valence-corrected chi connectivity index (χ4v) is 5.83. The average molecular weight is 598 g/mol. The Morgan fingerprint density at radius 2 is 1.70 bits per heavy atom. The number of carboxylic acid groups (broad SMARTS) is 1. The van der Waals surface area contributed by atoms with E-state index in [2.05, 4.69) is 4.99 Å². The van der Waals surface area contributed by atoms with Crippen molar-refractivity contribution in [1.29, 1.82) is 0 Å². The first kappa shape index (κ1) is 29.5. The van der Waals surface area contributed by atoms with E-state index in [0.717, 1.165) is 22.4 Å². The number of carboxylic acids is 1. The van der Waals surface area contributed by atoms with Gasteiger partial charge in [0.15, 0.2) is 4.80 Å². The fraction of sp³-hybridized carbons (Fsp3) is 0.212. The van der Waals surface area contributed by atoms with Gasteiger partial charge in [-0.1, -0.05) is 47.7 Å². The average Bonchev–Trinajstić information content (AvgIpc) is 3.30. The number of fused-ring (bicyclic) bond motifs is 1. The lowest BCUT2D eigenvalue weighted by Gasteiger charge is -2.25. The number of hydrogen-bond donors (Lipinski definition) is 1. The van der Waals surface area contributed by atoms with Crippen molar-refractivity contribution in [2.24, 2.45) is 4.99 Å². The van der Waals surface area contributed by atoms with Crippen LogP contribution in [0.2, 0.25) is 0 Å². The molecule has 10 heteroatoms. The molecule has 1 atom stereocenters. The van der Waals surface area contributed by atoms with E-state index in [-0.39, 0.29) is 24.3 Å². The third-order valence-corrected chi connectivity index (χ3v) is 8.01. The van der Waals surface area contributed by atoms with Crippen LogP contribution in [0.25, 0.3) is 6.08 Å². The number of aromatic nitrogens is 1. The van der Waals surface area contributed by atoms with Crippen LogP contribution in [0.4, 0.5) is 5.69 Å². The summed E-state index contributed by atoms with van der Waals surface area (Å²) in [7, 11) is 3.90. The third-order valence-electron chi connectivity index (χ3n) is 7.03. The van der Waals surface area contributed by atoms with Crippen molar-refractivity contribution >= 4 is 35.0 Å². The van der Waals surface area contributed by atoms with E-state index in [1.54, 1.807) is 48.8 Å². The number of esters is 1. The van der Waals surface area contributed by atoms with Gasteiger partial charge in [-0.15, -0.1) is 0 Å². The summed E-state index contributed by atoms with van der Waals surface area (Å²) in [6.07, 6.45) is 1.80. The minimum Gasteiger partial charge on any atom is -0.489 e. The molecule has 0 amide bonds. The molecule has 220 valence electrons. The maximum absolute atomic E-state index is 13.8. The summed E-state index contributed by atoms with van der Waals surface area (Å²) in [5.41, 5.74) is 4.27. The Kier molecular flexibility index (Phi) is 8.58. The Morgan fingerprint density at radius 1 is 1.02 bits per heavy atom. The quantitative estimate of drug-likeness (QED) is 0.289. The molecule has 9 nitrogen and oxygen atoms in total. The molecule has 2 heterocycles. The lowest BCUT2D eigenvalue weighted by Crippen LogP contribution is -2.39. The van der Waals surface area contributed by atoms with Crippen LogP contribution in [-0.2, 0) is 16.1 Å². The van der Waals surface area contributed by atoms with Crippen molar-refractivity contribution in [3.05, 3.63) is 126 Å². The predicted octanol–water partition coefficient (Wildman–Crippen LogP) is 4.14. The van der Waals surface area contributed by atoms with E-state index in [4.69, 9.17) is 14.6 Å². The van der Waals surface area contributed by atoms with E-state index in [9.17, 15) is 14.4 Å². The van der Waals surface area contributed by atoms with Gasteiger partial charge < -0.3 is 19.5 Å². The molecule has 0 saturated carbocycles. The molecule has 0 aliphatic carbocycles. The first-order valence-electron chi connectivity index (χ1n) is 13.7. The van der Waals surface area contributed by atoms with Gasteiger partial charge in [0.2, 0.25) is 0 Å². The highest BCUT2D eigenvalue weighted by molar-refractivity contribution is 7.07. The van der Waals surface area contributed by atoms with Gasteiger partial charge in [0, 0.05) is 19.8 Å². The Morgan fingerprint density at radius 3 is 2.30 bits per heavy atom.